The van der Waals surface area contributed by atoms with Crippen molar-refractivity contribution in [2.24, 2.45) is 0 Å². The van der Waals surface area contributed by atoms with Crippen molar-refractivity contribution in [2.75, 3.05) is 6.86 Å². The minimum atomic E-state index is -0.876. The molecule has 3 nitrogen and oxygen atoms in total. The van der Waals surface area contributed by atoms with Gasteiger partial charge in [0.15, 0.2) is 0 Å². The molecule has 2 aromatic heterocycles. The van der Waals surface area contributed by atoms with E-state index in [2.05, 4.69) is 26.5 Å². The molecular weight excluding hydrogens is 219 g/mol. The van der Waals surface area contributed by atoms with Crippen molar-refractivity contribution in [3.8, 4) is 17.6 Å². The van der Waals surface area contributed by atoms with E-state index in [9.17, 15) is 4.39 Å². The second-order valence-electron chi connectivity index (χ2n) is 3.13. The Morgan fingerprint density at radius 1 is 1.24 bits per heavy atom. The number of ether oxygens (including phenoxy) is 1. The maximum atomic E-state index is 12.0. The van der Waals surface area contributed by atoms with Crippen molar-refractivity contribution in [1.82, 2.24) is 9.97 Å². The third-order valence-corrected chi connectivity index (χ3v) is 1.93. The SMILES string of the molecule is FCOc1cncc(C#Cc2ccccn2)c1. The Hall–Kier alpha value is -2.41. The van der Waals surface area contributed by atoms with Gasteiger partial charge in [0.1, 0.15) is 11.4 Å². The molecule has 84 valence electrons. The van der Waals surface area contributed by atoms with E-state index >= 15 is 0 Å². The van der Waals surface area contributed by atoms with E-state index in [-0.39, 0.29) is 0 Å². The molecular formula is C13H9FN2O. The standard InChI is InChI=1S/C13H9FN2O/c14-10-17-13-7-11(8-15-9-13)4-5-12-3-1-2-6-16-12/h1-3,6-9H,10H2. The second kappa shape index (κ2) is 5.61. The zero-order chi connectivity index (χ0) is 11.9. The van der Waals surface area contributed by atoms with Crippen LogP contribution >= 0.6 is 0 Å². The highest BCUT2D eigenvalue weighted by Gasteiger charge is 1.94. The van der Waals surface area contributed by atoms with Crippen LogP contribution in [0.25, 0.3) is 0 Å². The van der Waals surface area contributed by atoms with Gasteiger partial charge in [-0.05, 0) is 24.1 Å². The first-order chi connectivity index (χ1) is 8.38. The first-order valence-electron chi connectivity index (χ1n) is 4.95. The van der Waals surface area contributed by atoms with Crippen LogP contribution in [-0.2, 0) is 0 Å². The number of hydrogen-bond acceptors (Lipinski definition) is 3. The Labute approximate surface area is 98.3 Å². The first-order valence-corrected chi connectivity index (χ1v) is 4.95. The molecule has 0 spiro atoms. The van der Waals surface area contributed by atoms with Crippen molar-refractivity contribution >= 4 is 0 Å². The fourth-order valence-corrected chi connectivity index (χ4v) is 1.20. The summed E-state index contributed by atoms with van der Waals surface area (Å²) in [4.78, 5) is 7.97. The fraction of sp³-hybridized carbons (Fsp3) is 0.0769. The molecule has 0 saturated carbocycles. The van der Waals surface area contributed by atoms with E-state index in [4.69, 9.17) is 0 Å². The molecule has 0 bridgehead atoms. The monoisotopic (exact) mass is 228 g/mol. The van der Waals surface area contributed by atoms with Crippen LogP contribution in [0.15, 0.2) is 42.9 Å². The number of alkyl halides is 1. The average Bonchev–Trinajstić information content (AvgIpc) is 2.39. The average molecular weight is 228 g/mol. The lowest BCUT2D eigenvalue weighted by atomic mass is 10.2. The van der Waals surface area contributed by atoms with Crippen LogP contribution in [0.1, 0.15) is 11.3 Å². The highest BCUT2D eigenvalue weighted by molar-refractivity contribution is 5.41. The Kier molecular flexibility index (Phi) is 3.66. The maximum Gasteiger partial charge on any atom is 0.228 e. The number of halogens is 1. The summed E-state index contributed by atoms with van der Waals surface area (Å²) in [5, 5.41) is 0. The summed E-state index contributed by atoms with van der Waals surface area (Å²) in [6, 6.07) is 7.12. The summed E-state index contributed by atoms with van der Waals surface area (Å²) in [6.07, 6.45) is 4.69. The topological polar surface area (TPSA) is 35.0 Å². The molecule has 2 rings (SSSR count). The van der Waals surface area contributed by atoms with Crippen molar-refractivity contribution in [3.63, 3.8) is 0 Å². The lowest BCUT2D eigenvalue weighted by Gasteiger charge is -1.99. The molecule has 0 unspecified atom stereocenters. The Morgan fingerprint density at radius 3 is 2.94 bits per heavy atom. The Balaban J connectivity index is 2.19. The molecule has 0 N–H and O–H groups in total. The Morgan fingerprint density at radius 2 is 2.18 bits per heavy atom. The summed E-state index contributed by atoms with van der Waals surface area (Å²) in [5.41, 5.74) is 1.32. The van der Waals surface area contributed by atoms with E-state index in [0.29, 0.717) is 17.0 Å². The van der Waals surface area contributed by atoms with Crippen LogP contribution in [0, 0.1) is 11.8 Å². The quantitative estimate of drug-likeness (QED) is 0.739. The van der Waals surface area contributed by atoms with Gasteiger partial charge < -0.3 is 4.74 Å². The fourth-order valence-electron chi connectivity index (χ4n) is 1.20. The summed E-state index contributed by atoms with van der Waals surface area (Å²) in [6.45, 7) is -0.876. The maximum absolute atomic E-state index is 12.0. The molecule has 0 aliphatic rings. The molecule has 0 fully saturated rings. The third kappa shape index (κ3) is 3.28. The van der Waals surface area contributed by atoms with E-state index in [0.717, 1.165) is 0 Å². The van der Waals surface area contributed by atoms with Gasteiger partial charge in [-0.3, -0.25) is 4.98 Å². The van der Waals surface area contributed by atoms with Crippen molar-refractivity contribution in [3.05, 3.63) is 54.1 Å². The van der Waals surface area contributed by atoms with Gasteiger partial charge in [0.25, 0.3) is 0 Å². The molecule has 2 heterocycles. The predicted molar refractivity (Wildman–Crippen MR) is 61.1 cm³/mol. The predicted octanol–water partition coefficient (Wildman–Crippen LogP) is 2.18. The Bertz CT molecular complexity index is 546. The summed E-state index contributed by atoms with van der Waals surface area (Å²) < 4.78 is 16.7. The minimum Gasteiger partial charge on any atom is -0.461 e. The van der Waals surface area contributed by atoms with Crippen LogP contribution < -0.4 is 4.74 Å². The molecule has 0 atom stereocenters. The smallest absolute Gasteiger partial charge is 0.228 e. The normalized spacial score (nSPS) is 9.24. The first kappa shape index (κ1) is 11.1. The lowest BCUT2D eigenvalue weighted by Crippen LogP contribution is -1.91. The van der Waals surface area contributed by atoms with Gasteiger partial charge in [0.05, 0.1) is 6.20 Å². The minimum absolute atomic E-state index is 0.361. The lowest BCUT2D eigenvalue weighted by molar-refractivity contribution is 0.191. The van der Waals surface area contributed by atoms with Gasteiger partial charge in [-0.1, -0.05) is 12.0 Å². The van der Waals surface area contributed by atoms with Crippen LogP contribution in [0.5, 0.6) is 5.75 Å². The molecule has 2 aromatic rings. The molecule has 0 amide bonds. The van der Waals surface area contributed by atoms with Gasteiger partial charge in [0, 0.05) is 18.0 Å². The van der Waals surface area contributed by atoms with Crippen LogP contribution in [0.4, 0.5) is 4.39 Å². The molecule has 0 aliphatic carbocycles. The van der Waals surface area contributed by atoms with Crippen molar-refractivity contribution in [2.45, 2.75) is 0 Å². The molecule has 4 heteroatoms. The molecule has 0 aromatic carbocycles. The van der Waals surface area contributed by atoms with E-state index in [1.807, 2.05) is 18.2 Å². The van der Waals surface area contributed by atoms with Crippen molar-refractivity contribution in [1.29, 1.82) is 0 Å². The highest BCUT2D eigenvalue weighted by atomic mass is 19.1. The summed E-state index contributed by atoms with van der Waals surface area (Å²) in [5.74, 6) is 6.12. The van der Waals surface area contributed by atoms with Crippen molar-refractivity contribution < 1.29 is 9.13 Å². The van der Waals surface area contributed by atoms with E-state index < -0.39 is 6.86 Å². The zero-order valence-electron chi connectivity index (χ0n) is 8.93. The van der Waals surface area contributed by atoms with E-state index in [1.165, 1.54) is 6.20 Å². The van der Waals surface area contributed by atoms with Gasteiger partial charge >= 0.3 is 0 Å². The molecule has 0 radical (unpaired) electrons. The van der Waals surface area contributed by atoms with Crippen LogP contribution in [0.2, 0.25) is 0 Å². The number of nitrogens with zero attached hydrogens (tertiary/aromatic N) is 2. The summed E-state index contributed by atoms with van der Waals surface area (Å²) in [7, 11) is 0. The van der Waals surface area contributed by atoms with Gasteiger partial charge in [-0.25, -0.2) is 9.37 Å². The number of hydrogen-bond donors (Lipinski definition) is 0. The highest BCUT2D eigenvalue weighted by Crippen LogP contribution is 2.10. The molecule has 0 aliphatic heterocycles. The number of rotatable bonds is 2. The molecule has 0 saturated heterocycles. The van der Waals surface area contributed by atoms with Gasteiger partial charge in [-0.2, -0.15) is 0 Å². The second-order valence-corrected chi connectivity index (χ2v) is 3.13. The zero-order valence-corrected chi connectivity index (χ0v) is 8.93. The van der Waals surface area contributed by atoms with Gasteiger partial charge in [0.2, 0.25) is 6.86 Å². The summed E-state index contributed by atoms with van der Waals surface area (Å²) >= 11 is 0. The molecule has 17 heavy (non-hydrogen) atoms. The number of pyridine rings is 2. The number of aromatic nitrogens is 2. The van der Waals surface area contributed by atoms with Gasteiger partial charge in [-0.15, -0.1) is 0 Å². The van der Waals surface area contributed by atoms with E-state index in [1.54, 1.807) is 18.5 Å². The van der Waals surface area contributed by atoms with Crippen LogP contribution in [-0.4, -0.2) is 16.8 Å². The third-order valence-electron chi connectivity index (χ3n) is 1.93. The largest absolute Gasteiger partial charge is 0.461 e. The van der Waals surface area contributed by atoms with Crippen LogP contribution in [0.3, 0.4) is 0 Å².